The topological polar surface area (TPSA) is 87.2 Å². The molecular formula is C18H24N2O5. The number of aliphatic carboxylic acids is 1. The minimum atomic E-state index is -0.808. The molecule has 0 aromatic heterocycles. The maximum Gasteiger partial charge on any atom is 0.306 e. The zero-order chi connectivity index (χ0) is 18.4. The van der Waals surface area contributed by atoms with E-state index >= 15 is 0 Å². The third kappa shape index (κ3) is 5.20. The van der Waals surface area contributed by atoms with Crippen molar-refractivity contribution in [2.24, 2.45) is 5.92 Å². The minimum Gasteiger partial charge on any atom is -0.497 e. The van der Waals surface area contributed by atoms with Crippen LogP contribution >= 0.6 is 0 Å². The van der Waals surface area contributed by atoms with Crippen molar-refractivity contribution in [1.29, 1.82) is 0 Å². The Morgan fingerprint density at radius 1 is 1.28 bits per heavy atom. The Morgan fingerprint density at radius 3 is 2.56 bits per heavy atom. The van der Waals surface area contributed by atoms with E-state index in [2.05, 4.69) is 0 Å². The number of nitrogens with zero attached hydrogens (tertiary/aromatic N) is 2. The van der Waals surface area contributed by atoms with Crippen molar-refractivity contribution in [2.75, 3.05) is 33.8 Å². The van der Waals surface area contributed by atoms with Crippen LogP contribution in [0.15, 0.2) is 24.3 Å². The number of carboxylic acid groups (broad SMARTS) is 1. The van der Waals surface area contributed by atoms with E-state index in [0.29, 0.717) is 31.7 Å². The molecule has 7 heteroatoms. The van der Waals surface area contributed by atoms with Gasteiger partial charge in [-0.05, 0) is 30.5 Å². The molecule has 2 rings (SSSR count). The van der Waals surface area contributed by atoms with Crippen LogP contribution in [0.3, 0.4) is 0 Å². The maximum atomic E-state index is 12.3. The first kappa shape index (κ1) is 18.8. The summed E-state index contributed by atoms with van der Waals surface area (Å²) < 4.78 is 5.14. The van der Waals surface area contributed by atoms with Crippen LogP contribution in [-0.2, 0) is 20.8 Å². The molecule has 0 unspecified atom stereocenters. The molecule has 0 spiro atoms. The van der Waals surface area contributed by atoms with Gasteiger partial charge in [0.05, 0.1) is 26.0 Å². The Morgan fingerprint density at radius 2 is 1.96 bits per heavy atom. The van der Waals surface area contributed by atoms with E-state index < -0.39 is 5.97 Å². The SMILES string of the molecule is COc1cccc(CC(=O)N(C)CC(=O)N2CCC(C(=O)O)CC2)c1. The Labute approximate surface area is 147 Å². The smallest absolute Gasteiger partial charge is 0.306 e. The van der Waals surface area contributed by atoms with Crippen LogP contribution in [-0.4, -0.2) is 66.5 Å². The fraction of sp³-hybridized carbons (Fsp3) is 0.500. The third-order valence-electron chi connectivity index (χ3n) is 4.48. The number of rotatable bonds is 6. The number of hydrogen-bond acceptors (Lipinski definition) is 4. The molecule has 0 radical (unpaired) electrons. The van der Waals surface area contributed by atoms with Gasteiger partial charge in [0.25, 0.3) is 0 Å². The van der Waals surface area contributed by atoms with Gasteiger partial charge in [0, 0.05) is 20.1 Å². The number of piperidine rings is 1. The van der Waals surface area contributed by atoms with Crippen LogP contribution < -0.4 is 4.74 Å². The standard InChI is InChI=1S/C18H24N2O5/c1-19(16(21)11-13-4-3-5-15(10-13)25-2)12-17(22)20-8-6-14(7-9-20)18(23)24/h3-5,10,14H,6-9,11-12H2,1-2H3,(H,23,24). The molecule has 1 N–H and O–H groups in total. The lowest BCUT2D eigenvalue weighted by molar-refractivity contribution is -0.146. The molecule has 0 aliphatic carbocycles. The molecule has 7 nitrogen and oxygen atoms in total. The van der Waals surface area contributed by atoms with Gasteiger partial charge in [-0.2, -0.15) is 0 Å². The van der Waals surface area contributed by atoms with Crippen LogP contribution in [0.25, 0.3) is 0 Å². The summed E-state index contributed by atoms with van der Waals surface area (Å²) in [5, 5.41) is 8.99. The second-order valence-electron chi connectivity index (χ2n) is 6.27. The number of carboxylic acids is 1. The molecule has 1 saturated heterocycles. The third-order valence-corrected chi connectivity index (χ3v) is 4.48. The highest BCUT2D eigenvalue weighted by molar-refractivity contribution is 5.86. The molecule has 1 aromatic rings. The van der Waals surface area contributed by atoms with E-state index in [1.54, 1.807) is 25.1 Å². The largest absolute Gasteiger partial charge is 0.497 e. The molecule has 0 bridgehead atoms. The summed E-state index contributed by atoms with van der Waals surface area (Å²) in [6, 6.07) is 7.26. The maximum absolute atomic E-state index is 12.3. The van der Waals surface area contributed by atoms with Crippen LogP contribution in [0.5, 0.6) is 5.75 Å². The number of carbonyl (C=O) groups excluding carboxylic acids is 2. The Balaban J connectivity index is 1.84. The lowest BCUT2D eigenvalue weighted by atomic mass is 9.97. The fourth-order valence-corrected chi connectivity index (χ4v) is 2.86. The summed E-state index contributed by atoms with van der Waals surface area (Å²) in [4.78, 5) is 38.6. The highest BCUT2D eigenvalue weighted by Gasteiger charge is 2.27. The van der Waals surface area contributed by atoms with Gasteiger partial charge in [-0.25, -0.2) is 0 Å². The summed E-state index contributed by atoms with van der Waals surface area (Å²) >= 11 is 0. The van der Waals surface area contributed by atoms with Crippen molar-refractivity contribution in [1.82, 2.24) is 9.80 Å². The van der Waals surface area contributed by atoms with Gasteiger partial charge in [0.2, 0.25) is 11.8 Å². The van der Waals surface area contributed by atoms with Crippen LogP contribution in [0, 0.1) is 5.92 Å². The van der Waals surface area contributed by atoms with Crippen LogP contribution in [0.2, 0.25) is 0 Å². The zero-order valence-corrected chi connectivity index (χ0v) is 14.6. The van der Waals surface area contributed by atoms with E-state index in [0.717, 1.165) is 5.56 Å². The Kier molecular flexibility index (Phi) is 6.38. The summed E-state index contributed by atoms with van der Waals surface area (Å²) in [7, 11) is 3.17. The number of likely N-dealkylation sites (tertiary alicyclic amines) is 1. The molecule has 1 aliphatic rings. The van der Waals surface area contributed by atoms with Crippen molar-refractivity contribution >= 4 is 17.8 Å². The van der Waals surface area contributed by atoms with E-state index in [1.165, 1.54) is 4.90 Å². The molecule has 2 amide bonds. The molecule has 1 heterocycles. The van der Waals surface area contributed by atoms with E-state index in [9.17, 15) is 14.4 Å². The van der Waals surface area contributed by atoms with Crippen molar-refractivity contribution in [3.8, 4) is 5.75 Å². The second kappa shape index (κ2) is 8.50. The number of methoxy groups -OCH3 is 1. The molecular weight excluding hydrogens is 324 g/mol. The molecule has 136 valence electrons. The van der Waals surface area contributed by atoms with Crippen molar-refractivity contribution in [2.45, 2.75) is 19.3 Å². The normalized spacial score (nSPS) is 14.9. The molecule has 25 heavy (non-hydrogen) atoms. The van der Waals surface area contributed by atoms with Crippen LogP contribution in [0.4, 0.5) is 0 Å². The molecule has 0 atom stereocenters. The highest BCUT2D eigenvalue weighted by atomic mass is 16.5. The molecule has 1 fully saturated rings. The number of hydrogen-bond donors (Lipinski definition) is 1. The summed E-state index contributed by atoms with van der Waals surface area (Å²) in [6.45, 7) is 0.849. The predicted octanol–water partition coefficient (Wildman–Crippen LogP) is 1.02. The van der Waals surface area contributed by atoms with Gasteiger partial charge in [0.15, 0.2) is 0 Å². The van der Waals surface area contributed by atoms with Gasteiger partial charge in [-0.1, -0.05) is 12.1 Å². The molecule has 0 saturated carbocycles. The predicted molar refractivity (Wildman–Crippen MR) is 91.3 cm³/mol. The molecule has 1 aliphatic heterocycles. The second-order valence-corrected chi connectivity index (χ2v) is 6.27. The highest BCUT2D eigenvalue weighted by Crippen LogP contribution is 2.18. The quantitative estimate of drug-likeness (QED) is 0.829. The van der Waals surface area contributed by atoms with Gasteiger partial charge in [0.1, 0.15) is 5.75 Å². The summed E-state index contributed by atoms with van der Waals surface area (Å²) in [6.07, 6.45) is 1.12. The summed E-state index contributed by atoms with van der Waals surface area (Å²) in [5.41, 5.74) is 0.825. The number of amides is 2. The monoisotopic (exact) mass is 348 g/mol. The lowest BCUT2D eigenvalue weighted by Gasteiger charge is -2.31. The van der Waals surface area contributed by atoms with Crippen LogP contribution in [0.1, 0.15) is 18.4 Å². The van der Waals surface area contributed by atoms with E-state index in [1.807, 2.05) is 18.2 Å². The average Bonchev–Trinajstić information content (AvgIpc) is 2.61. The van der Waals surface area contributed by atoms with Crippen molar-refractivity contribution < 1.29 is 24.2 Å². The number of carbonyl (C=O) groups is 3. The van der Waals surface area contributed by atoms with E-state index in [4.69, 9.17) is 9.84 Å². The number of benzene rings is 1. The van der Waals surface area contributed by atoms with Crippen molar-refractivity contribution in [3.63, 3.8) is 0 Å². The average molecular weight is 348 g/mol. The Hall–Kier alpha value is -2.57. The first-order valence-corrected chi connectivity index (χ1v) is 8.28. The van der Waals surface area contributed by atoms with E-state index in [-0.39, 0.29) is 30.7 Å². The zero-order valence-electron chi connectivity index (χ0n) is 14.6. The first-order chi connectivity index (χ1) is 11.9. The number of ether oxygens (including phenoxy) is 1. The van der Waals surface area contributed by atoms with Gasteiger partial charge in [-0.3, -0.25) is 14.4 Å². The van der Waals surface area contributed by atoms with Gasteiger partial charge in [-0.15, -0.1) is 0 Å². The Bertz CT molecular complexity index is 638. The lowest BCUT2D eigenvalue weighted by Crippen LogP contribution is -2.45. The molecule has 1 aromatic carbocycles. The number of likely N-dealkylation sites (N-methyl/N-ethyl adjacent to an activating group) is 1. The first-order valence-electron chi connectivity index (χ1n) is 8.28. The minimum absolute atomic E-state index is 0.000536. The fourth-order valence-electron chi connectivity index (χ4n) is 2.86. The van der Waals surface area contributed by atoms with Gasteiger partial charge < -0.3 is 19.6 Å². The van der Waals surface area contributed by atoms with Crippen molar-refractivity contribution in [3.05, 3.63) is 29.8 Å². The summed E-state index contributed by atoms with van der Waals surface area (Å²) in [5.74, 6) is -0.799. The van der Waals surface area contributed by atoms with Gasteiger partial charge >= 0.3 is 5.97 Å².